The monoisotopic (exact) mass is 266 g/mol. The van der Waals surface area contributed by atoms with Crippen LogP contribution in [0.4, 0.5) is 0 Å². The van der Waals surface area contributed by atoms with Crippen LogP contribution in [0.1, 0.15) is 0 Å². The van der Waals surface area contributed by atoms with Gasteiger partial charge >= 0.3 is 0 Å². The summed E-state index contributed by atoms with van der Waals surface area (Å²) < 4.78 is 0. The van der Waals surface area contributed by atoms with Gasteiger partial charge in [0.2, 0.25) is 0 Å². The Labute approximate surface area is 99.0 Å². The Hall–Kier alpha value is 0.220. The maximum absolute atomic E-state index is 9.80. The molecule has 0 atom stereocenters. The molecule has 0 aliphatic carbocycles. The molecule has 1 aromatic rings. The van der Waals surface area contributed by atoms with E-state index in [1.807, 2.05) is 12.5 Å². The molecule has 0 bridgehead atoms. The van der Waals surface area contributed by atoms with Crippen molar-refractivity contribution in [2.24, 2.45) is 0 Å². The number of phenolic OH excluding ortho intramolecular Hbond substituents is 2. The first-order valence-corrected chi connectivity index (χ1v) is 8.78. The van der Waals surface area contributed by atoms with E-state index in [9.17, 15) is 10.2 Å². The van der Waals surface area contributed by atoms with Gasteiger partial charge in [-0.3, -0.25) is 0 Å². The van der Waals surface area contributed by atoms with Gasteiger partial charge in [-0.25, -0.2) is 0 Å². The third-order valence-electron chi connectivity index (χ3n) is 1.41. The Morgan fingerprint density at radius 2 is 1.64 bits per heavy atom. The fourth-order valence-corrected chi connectivity index (χ4v) is 3.86. The molecule has 0 aliphatic heterocycles. The van der Waals surface area contributed by atoms with Crippen molar-refractivity contribution >= 4 is 43.2 Å². The highest BCUT2D eigenvalue weighted by Crippen LogP contribution is 2.47. The molecule has 0 fully saturated rings. The van der Waals surface area contributed by atoms with E-state index in [2.05, 4.69) is 0 Å². The van der Waals surface area contributed by atoms with E-state index in [4.69, 9.17) is 0 Å². The van der Waals surface area contributed by atoms with Crippen molar-refractivity contribution in [1.82, 2.24) is 0 Å². The van der Waals surface area contributed by atoms with Gasteiger partial charge in [-0.1, -0.05) is 43.2 Å². The third kappa shape index (κ3) is 2.85. The van der Waals surface area contributed by atoms with Gasteiger partial charge in [-0.05, 0) is 24.6 Å². The van der Waals surface area contributed by atoms with Crippen LogP contribution in [-0.4, -0.2) is 22.7 Å². The maximum atomic E-state index is 9.80. The van der Waals surface area contributed by atoms with Crippen LogP contribution in [-0.2, 0) is 0 Å². The van der Waals surface area contributed by atoms with Crippen LogP contribution < -0.4 is 0 Å². The normalized spacial score (nSPS) is 10.4. The molecule has 0 aliphatic rings. The van der Waals surface area contributed by atoms with Gasteiger partial charge in [-0.15, -0.1) is 0 Å². The highest BCUT2D eigenvalue weighted by molar-refractivity contribution is 8.77. The molecule has 6 heteroatoms. The van der Waals surface area contributed by atoms with Crippen LogP contribution in [0, 0.1) is 0 Å². The van der Waals surface area contributed by atoms with E-state index < -0.39 is 0 Å². The number of benzene rings is 1. The first-order chi connectivity index (χ1) is 6.70. The molecular weight excluding hydrogens is 256 g/mol. The summed E-state index contributed by atoms with van der Waals surface area (Å²) in [6.45, 7) is 0. The molecule has 0 unspecified atom stereocenters. The second-order valence-electron chi connectivity index (χ2n) is 2.26. The van der Waals surface area contributed by atoms with Gasteiger partial charge < -0.3 is 10.2 Å². The number of rotatable bonds is 4. The van der Waals surface area contributed by atoms with E-state index in [-0.39, 0.29) is 11.5 Å². The molecular formula is C8H10O2S4. The summed E-state index contributed by atoms with van der Waals surface area (Å²) in [7, 11) is 5.90. The average Bonchev–Trinajstić information content (AvgIpc) is 2.17. The number of phenols is 2. The summed E-state index contributed by atoms with van der Waals surface area (Å²) in [5, 5.41) is 19.3. The molecule has 14 heavy (non-hydrogen) atoms. The van der Waals surface area contributed by atoms with Crippen LogP contribution in [0.25, 0.3) is 0 Å². The minimum Gasteiger partial charge on any atom is -0.507 e. The molecule has 2 N–H and O–H groups in total. The minimum atomic E-state index is 0.132. The van der Waals surface area contributed by atoms with Crippen LogP contribution in [0.2, 0.25) is 0 Å². The van der Waals surface area contributed by atoms with E-state index in [1.165, 1.54) is 32.4 Å². The number of hydrogen-bond donors (Lipinski definition) is 2. The Kier molecular flexibility index (Phi) is 5.22. The lowest BCUT2D eigenvalue weighted by atomic mass is 10.3. The van der Waals surface area contributed by atoms with Gasteiger partial charge in [0.05, 0.1) is 4.90 Å². The zero-order valence-corrected chi connectivity index (χ0v) is 10.9. The maximum Gasteiger partial charge on any atom is 0.148 e. The summed E-state index contributed by atoms with van der Waals surface area (Å²) in [5.41, 5.74) is 0. The van der Waals surface area contributed by atoms with Crippen LogP contribution in [0.3, 0.4) is 0 Å². The fraction of sp³-hybridized carbons (Fsp3) is 0.250. The van der Waals surface area contributed by atoms with Gasteiger partial charge in [-0.2, -0.15) is 0 Å². The summed E-state index contributed by atoms with van der Waals surface area (Å²) >= 11 is 0. The highest BCUT2D eigenvalue weighted by atomic mass is 33.1. The lowest BCUT2D eigenvalue weighted by molar-refractivity contribution is 0.419. The molecule has 0 amide bonds. The molecule has 1 aromatic carbocycles. The van der Waals surface area contributed by atoms with Crippen LogP contribution in [0.15, 0.2) is 21.9 Å². The molecule has 2 nitrogen and oxygen atoms in total. The standard InChI is InChI=1S/C8H10O2S4/c1-11-13-6-4-3-5(9)8(7(6)10)14-12-2/h3-4,9-10H,1-2H3. The zero-order chi connectivity index (χ0) is 10.6. The molecule has 0 saturated heterocycles. The van der Waals surface area contributed by atoms with Gasteiger partial charge in [0.1, 0.15) is 16.4 Å². The quantitative estimate of drug-likeness (QED) is 0.807. The fourth-order valence-electron chi connectivity index (χ4n) is 0.865. The first-order valence-electron chi connectivity index (χ1n) is 3.67. The van der Waals surface area contributed by atoms with Crippen molar-refractivity contribution in [3.8, 4) is 11.5 Å². The Bertz CT molecular complexity index is 316. The Morgan fingerprint density at radius 1 is 1.00 bits per heavy atom. The SMILES string of the molecule is CSSc1ccc(O)c(SSC)c1O. The predicted octanol–water partition coefficient (Wildman–Crippen LogP) is 3.84. The van der Waals surface area contributed by atoms with E-state index in [0.717, 1.165) is 4.90 Å². The number of aromatic hydroxyl groups is 2. The molecule has 78 valence electrons. The highest BCUT2D eigenvalue weighted by Gasteiger charge is 2.12. The summed E-state index contributed by atoms with van der Waals surface area (Å²) in [5.74, 6) is 0.302. The second-order valence-corrected chi connectivity index (χ2v) is 7.11. The van der Waals surface area contributed by atoms with E-state index >= 15 is 0 Å². The van der Waals surface area contributed by atoms with Crippen molar-refractivity contribution in [1.29, 1.82) is 0 Å². The average molecular weight is 266 g/mol. The van der Waals surface area contributed by atoms with Crippen molar-refractivity contribution in [2.45, 2.75) is 9.79 Å². The van der Waals surface area contributed by atoms with E-state index in [0.29, 0.717) is 4.90 Å². The minimum absolute atomic E-state index is 0.132. The zero-order valence-electron chi connectivity index (χ0n) is 7.68. The van der Waals surface area contributed by atoms with Gasteiger partial charge in [0.15, 0.2) is 0 Å². The topological polar surface area (TPSA) is 40.5 Å². The second kappa shape index (κ2) is 5.95. The Balaban J connectivity index is 3.05. The molecule has 0 aromatic heterocycles. The molecule has 0 radical (unpaired) electrons. The van der Waals surface area contributed by atoms with Crippen LogP contribution >= 0.6 is 43.2 Å². The van der Waals surface area contributed by atoms with Crippen molar-refractivity contribution in [2.75, 3.05) is 12.5 Å². The molecule has 0 heterocycles. The lowest BCUT2D eigenvalue weighted by Gasteiger charge is -2.08. The van der Waals surface area contributed by atoms with Gasteiger partial charge in [0.25, 0.3) is 0 Å². The van der Waals surface area contributed by atoms with Crippen molar-refractivity contribution in [3.63, 3.8) is 0 Å². The third-order valence-corrected chi connectivity index (χ3v) is 4.86. The molecule has 1 rings (SSSR count). The summed E-state index contributed by atoms with van der Waals surface area (Å²) in [6, 6.07) is 3.33. The predicted molar refractivity (Wildman–Crippen MR) is 68.5 cm³/mol. The van der Waals surface area contributed by atoms with E-state index in [1.54, 1.807) is 22.9 Å². The molecule has 0 saturated carbocycles. The smallest absolute Gasteiger partial charge is 0.148 e. The first kappa shape index (κ1) is 12.3. The summed E-state index contributed by atoms with van der Waals surface area (Å²) in [4.78, 5) is 1.32. The molecule has 0 spiro atoms. The largest absolute Gasteiger partial charge is 0.507 e. The summed E-state index contributed by atoms with van der Waals surface area (Å²) in [6.07, 6.45) is 3.84. The Morgan fingerprint density at radius 3 is 2.21 bits per heavy atom. The number of hydrogen-bond acceptors (Lipinski definition) is 6. The van der Waals surface area contributed by atoms with Crippen molar-refractivity contribution in [3.05, 3.63) is 12.1 Å². The lowest BCUT2D eigenvalue weighted by Crippen LogP contribution is -1.77. The van der Waals surface area contributed by atoms with Gasteiger partial charge in [0, 0.05) is 0 Å². The van der Waals surface area contributed by atoms with Crippen molar-refractivity contribution < 1.29 is 10.2 Å². The van der Waals surface area contributed by atoms with Crippen LogP contribution in [0.5, 0.6) is 11.5 Å².